The fraction of sp³-hybridized carbons (Fsp3) is 0.167. The van der Waals surface area contributed by atoms with Crippen LogP contribution in [0.25, 0.3) is 0 Å². The summed E-state index contributed by atoms with van der Waals surface area (Å²) >= 11 is 13.2. The smallest absolute Gasteiger partial charge is 0.273 e. The Kier molecular flexibility index (Phi) is 6.56. The van der Waals surface area contributed by atoms with E-state index in [1.165, 1.54) is 22.5 Å². The Balaban J connectivity index is 1.73. The Labute approximate surface area is 175 Å². The second-order valence-electron chi connectivity index (χ2n) is 5.81. The molecule has 7 nitrogen and oxygen atoms in total. The number of halogens is 2. The van der Waals surface area contributed by atoms with Crippen LogP contribution in [-0.2, 0) is 11.3 Å². The number of benzene rings is 1. The number of hydrogen-bond acceptors (Lipinski definition) is 6. The lowest BCUT2D eigenvalue weighted by Crippen LogP contribution is -2.33. The summed E-state index contributed by atoms with van der Waals surface area (Å²) in [5.74, 6) is -0.212. The van der Waals surface area contributed by atoms with Crippen molar-refractivity contribution in [3.8, 4) is 0 Å². The van der Waals surface area contributed by atoms with E-state index in [4.69, 9.17) is 33.4 Å². The van der Waals surface area contributed by atoms with Crippen LogP contribution >= 0.6 is 34.5 Å². The molecule has 0 saturated heterocycles. The monoisotopic (exact) mass is 438 g/mol. The van der Waals surface area contributed by atoms with Crippen molar-refractivity contribution in [2.75, 3.05) is 11.9 Å². The molecule has 2 aromatic heterocycles. The predicted molar refractivity (Wildman–Crippen MR) is 109 cm³/mol. The van der Waals surface area contributed by atoms with Gasteiger partial charge in [0.1, 0.15) is 11.5 Å². The van der Waals surface area contributed by atoms with Gasteiger partial charge in [-0.25, -0.2) is 4.98 Å². The molecule has 0 spiro atoms. The molecule has 0 radical (unpaired) electrons. The van der Waals surface area contributed by atoms with Crippen LogP contribution in [0.3, 0.4) is 0 Å². The average molecular weight is 439 g/mol. The minimum absolute atomic E-state index is 0.0466. The van der Waals surface area contributed by atoms with Crippen LogP contribution in [0.1, 0.15) is 22.7 Å². The number of amides is 2. The highest BCUT2D eigenvalue weighted by atomic mass is 35.5. The van der Waals surface area contributed by atoms with Crippen molar-refractivity contribution < 1.29 is 14.0 Å². The topological polar surface area (TPSA) is 101 Å². The molecule has 0 unspecified atom stereocenters. The molecule has 2 heterocycles. The van der Waals surface area contributed by atoms with Gasteiger partial charge in [0.25, 0.3) is 5.91 Å². The first-order chi connectivity index (χ1) is 13.4. The third-order valence-electron chi connectivity index (χ3n) is 3.74. The van der Waals surface area contributed by atoms with Gasteiger partial charge in [-0.3, -0.25) is 9.59 Å². The molecule has 3 N–H and O–H groups in total. The highest BCUT2D eigenvalue weighted by molar-refractivity contribution is 7.14. The number of aromatic nitrogens is 1. The number of furan rings is 1. The maximum atomic E-state index is 12.9. The number of carbonyl (C=O) groups excluding carboxylic acids is 2. The van der Waals surface area contributed by atoms with E-state index >= 15 is 0 Å². The van der Waals surface area contributed by atoms with Crippen molar-refractivity contribution in [1.82, 2.24) is 9.88 Å². The summed E-state index contributed by atoms with van der Waals surface area (Å²) < 4.78 is 5.30. The zero-order valence-electron chi connectivity index (χ0n) is 14.5. The van der Waals surface area contributed by atoms with Gasteiger partial charge in [-0.15, -0.1) is 11.3 Å². The average Bonchev–Trinajstić information content (AvgIpc) is 3.33. The van der Waals surface area contributed by atoms with Gasteiger partial charge < -0.3 is 20.4 Å². The predicted octanol–water partition coefficient (Wildman–Crippen LogP) is 4.30. The van der Waals surface area contributed by atoms with Crippen molar-refractivity contribution in [3.63, 3.8) is 0 Å². The zero-order chi connectivity index (χ0) is 20.1. The number of primary amides is 1. The molecule has 3 aromatic rings. The third kappa shape index (κ3) is 5.25. The molecule has 0 aliphatic carbocycles. The summed E-state index contributed by atoms with van der Waals surface area (Å²) in [6.07, 6.45) is 1.57. The fourth-order valence-corrected chi connectivity index (χ4v) is 3.38. The van der Waals surface area contributed by atoms with Gasteiger partial charge in [0.05, 0.1) is 22.9 Å². The Hall–Kier alpha value is -2.55. The Bertz CT molecular complexity index is 975. The zero-order valence-corrected chi connectivity index (χ0v) is 16.9. The maximum Gasteiger partial charge on any atom is 0.273 e. The molecular formula is C18H16Cl2N4O3S. The van der Waals surface area contributed by atoms with E-state index in [0.29, 0.717) is 26.6 Å². The number of nitrogens with zero attached hydrogens (tertiary/aromatic N) is 2. The Morgan fingerprint density at radius 1 is 1.25 bits per heavy atom. The normalized spacial score (nSPS) is 10.6. The van der Waals surface area contributed by atoms with Crippen LogP contribution in [0, 0.1) is 0 Å². The van der Waals surface area contributed by atoms with Crippen molar-refractivity contribution in [2.45, 2.75) is 13.0 Å². The molecule has 0 atom stereocenters. The summed E-state index contributed by atoms with van der Waals surface area (Å²) in [7, 11) is 0. The SMILES string of the molecule is NC(=O)CCN(Cc1ccco1)C(=O)c1csc(Nc2ccc(Cl)c(Cl)c2)n1. The van der Waals surface area contributed by atoms with Crippen LogP contribution in [0.4, 0.5) is 10.8 Å². The lowest BCUT2D eigenvalue weighted by molar-refractivity contribution is -0.118. The van der Waals surface area contributed by atoms with E-state index in [2.05, 4.69) is 10.3 Å². The molecule has 3 rings (SSSR count). The molecule has 0 aliphatic rings. The number of rotatable bonds is 8. The largest absolute Gasteiger partial charge is 0.467 e. The summed E-state index contributed by atoms with van der Waals surface area (Å²) in [6.45, 7) is 0.383. The van der Waals surface area contributed by atoms with Gasteiger partial charge in [-0.05, 0) is 30.3 Å². The highest BCUT2D eigenvalue weighted by Crippen LogP contribution is 2.28. The van der Waals surface area contributed by atoms with Crippen LogP contribution in [0.15, 0.2) is 46.4 Å². The number of thiazole rings is 1. The number of anilines is 2. The van der Waals surface area contributed by atoms with Crippen LogP contribution < -0.4 is 11.1 Å². The van der Waals surface area contributed by atoms with Crippen LogP contribution in [-0.4, -0.2) is 28.2 Å². The molecule has 28 heavy (non-hydrogen) atoms. The second-order valence-corrected chi connectivity index (χ2v) is 7.49. The maximum absolute atomic E-state index is 12.9. The van der Waals surface area contributed by atoms with E-state index in [0.717, 1.165) is 0 Å². The van der Waals surface area contributed by atoms with E-state index in [-0.39, 0.29) is 31.1 Å². The van der Waals surface area contributed by atoms with Gasteiger partial charge in [0, 0.05) is 24.0 Å². The Morgan fingerprint density at radius 3 is 2.75 bits per heavy atom. The molecule has 1 aromatic carbocycles. The first kappa shape index (κ1) is 20.2. The first-order valence-corrected chi connectivity index (χ1v) is 9.83. The molecule has 0 fully saturated rings. The second kappa shape index (κ2) is 9.09. The number of hydrogen-bond donors (Lipinski definition) is 2. The quantitative estimate of drug-likeness (QED) is 0.545. The van der Waals surface area contributed by atoms with Crippen LogP contribution in [0.2, 0.25) is 10.0 Å². The fourth-order valence-electron chi connectivity index (χ4n) is 2.38. The van der Waals surface area contributed by atoms with E-state index in [9.17, 15) is 9.59 Å². The minimum Gasteiger partial charge on any atom is -0.467 e. The molecule has 146 valence electrons. The number of nitrogens with one attached hydrogen (secondary N) is 1. The summed E-state index contributed by atoms with van der Waals surface area (Å²) in [5, 5.41) is 6.11. The first-order valence-electron chi connectivity index (χ1n) is 8.20. The van der Waals surface area contributed by atoms with E-state index in [1.54, 1.807) is 35.7 Å². The van der Waals surface area contributed by atoms with Crippen molar-refractivity contribution in [3.05, 3.63) is 63.5 Å². The van der Waals surface area contributed by atoms with Gasteiger partial charge in [-0.1, -0.05) is 23.2 Å². The van der Waals surface area contributed by atoms with Gasteiger partial charge in [0.2, 0.25) is 5.91 Å². The highest BCUT2D eigenvalue weighted by Gasteiger charge is 2.21. The van der Waals surface area contributed by atoms with Crippen LogP contribution in [0.5, 0.6) is 0 Å². The van der Waals surface area contributed by atoms with E-state index in [1.807, 2.05) is 0 Å². The summed E-state index contributed by atoms with van der Waals surface area (Å²) in [4.78, 5) is 29.8. The molecular weight excluding hydrogens is 423 g/mol. The summed E-state index contributed by atoms with van der Waals surface area (Å²) in [5.41, 5.74) is 6.17. The third-order valence-corrected chi connectivity index (χ3v) is 5.23. The van der Waals surface area contributed by atoms with Gasteiger partial charge in [-0.2, -0.15) is 0 Å². The Morgan fingerprint density at radius 2 is 2.07 bits per heavy atom. The lowest BCUT2D eigenvalue weighted by atomic mass is 10.3. The molecule has 0 aliphatic heterocycles. The molecule has 0 bridgehead atoms. The van der Waals surface area contributed by atoms with Crippen molar-refractivity contribution in [1.29, 1.82) is 0 Å². The number of nitrogens with two attached hydrogens (primary N) is 1. The van der Waals surface area contributed by atoms with Crippen molar-refractivity contribution in [2.24, 2.45) is 5.73 Å². The minimum atomic E-state index is -0.488. The van der Waals surface area contributed by atoms with Crippen molar-refractivity contribution >= 4 is 57.2 Å². The number of carbonyl (C=O) groups is 2. The van der Waals surface area contributed by atoms with Gasteiger partial charge >= 0.3 is 0 Å². The summed E-state index contributed by atoms with van der Waals surface area (Å²) in [6, 6.07) is 8.58. The molecule has 10 heteroatoms. The molecule has 0 saturated carbocycles. The van der Waals surface area contributed by atoms with Gasteiger partial charge in [0.15, 0.2) is 5.13 Å². The standard InChI is InChI=1S/C18H16Cl2N4O3S/c19-13-4-3-11(8-14(13)20)22-18-23-15(10-28-18)17(26)24(6-5-16(21)25)9-12-2-1-7-27-12/h1-4,7-8,10H,5-6,9H2,(H2,21,25)(H,22,23). The van der Waals surface area contributed by atoms with E-state index < -0.39 is 5.91 Å². The lowest BCUT2D eigenvalue weighted by Gasteiger charge is -2.20. The molecule has 2 amide bonds.